The van der Waals surface area contributed by atoms with Crippen molar-refractivity contribution in [3.8, 4) is 0 Å². The van der Waals surface area contributed by atoms with Crippen LogP contribution in [0.15, 0.2) is 0 Å². The van der Waals surface area contributed by atoms with Crippen molar-refractivity contribution in [2.24, 2.45) is 17.8 Å². The van der Waals surface area contributed by atoms with E-state index in [1.807, 2.05) is 19.0 Å². The van der Waals surface area contributed by atoms with Gasteiger partial charge in [0.2, 0.25) is 5.91 Å². The topological polar surface area (TPSA) is 32.3 Å². The summed E-state index contributed by atoms with van der Waals surface area (Å²) in [7, 11) is 3.85. The first-order chi connectivity index (χ1) is 9.46. The van der Waals surface area contributed by atoms with Gasteiger partial charge in [0, 0.05) is 19.6 Å². The summed E-state index contributed by atoms with van der Waals surface area (Å²) in [6, 6.07) is 0. The minimum atomic E-state index is 0.131. The van der Waals surface area contributed by atoms with E-state index < -0.39 is 0 Å². The fourth-order valence-corrected chi connectivity index (χ4v) is 5.61. The number of hydrogen-bond donors (Lipinski definition) is 1. The quantitative estimate of drug-likeness (QED) is 0.812. The molecular formula is C15H24N2OS2. The maximum atomic E-state index is 12.2. The SMILES string of the molecule is CN(C)C(=S)SCC(=O)NC12CC3CC(CC(C3)C1)C2. The second-order valence-corrected chi connectivity index (χ2v) is 8.80. The number of hydrogen-bond acceptors (Lipinski definition) is 3. The molecule has 0 radical (unpaired) electrons. The third kappa shape index (κ3) is 2.98. The van der Waals surface area contributed by atoms with Gasteiger partial charge in [-0.05, 0) is 56.3 Å². The lowest BCUT2D eigenvalue weighted by atomic mass is 9.53. The van der Waals surface area contributed by atoms with Gasteiger partial charge in [-0.1, -0.05) is 24.0 Å². The third-order valence-corrected chi connectivity index (χ3v) is 6.87. The van der Waals surface area contributed by atoms with Crippen LogP contribution >= 0.6 is 24.0 Å². The van der Waals surface area contributed by atoms with Crippen LogP contribution in [0, 0.1) is 17.8 Å². The first-order valence-electron chi connectivity index (χ1n) is 7.61. The van der Waals surface area contributed by atoms with Gasteiger partial charge in [-0.15, -0.1) is 0 Å². The van der Waals surface area contributed by atoms with Crippen LogP contribution in [0.4, 0.5) is 0 Å². The van der Waals surface area contributed by atoms with Crippen molar-refractivity contribution >= 4 is 34.2 Å². The van der Waals surface area contributed by atoms with E-state index in [0.29, 0.717) is 5.75 Å². The first kappa shape index (κ1) is 14.6. The highest BCUT2D eigenvalue weighted by Gasteiger charge is 2.51. The number of thioether (sulfide) groups is 1. The Labute approximate surface area is 131 Å². The highest BCUT2D eigenvalue weighted by Crippen LogP contribution is 2.55. The Kier molecular flexibility index (Phi) is 4.01. The fourth-order valence-electron chi connectivity index (χ4n) is 4.85. The summed E-state index contributed by atoms with van der Waals surface area (Å²) in [5.74, 6) is 3.24. The third-order valence-electron chi connectivity index (χ3n) is 5.13. The lowest BCUT2D eigenvalue weighted by Crippen LogP contribution is -2.60. The van der Waals surface area contributed by atoms with Crippen LogP contribution in [0.5, 0.6) is 0 Å². The average molecular weight is 313 g/mol. The van der Waals surface area contributed by atoms with Crippen molar-refractivity contribution < 1.29 is 4.79 Å². The number of rotatable bonds is 3. The smallest absolute Gasteiger partial charge is 0.230 e. The van der Waals surface area contributed by atoms with Gasteiger partial charge in [0.25, 0.3) is 0 Å². The lowest BCUT2D eigenvalue weighted by molar-refractivity contribution is -0.124. The molecule has 4 rings (SSSR count). The molecule has 4 aliphatic carbocycles. The molecule has 0 aromatic rings. The van der Waals surface area contributed by atoms with Crippen LogP contribution in [0.2, 0.25) is 0 Å². The number of nitrogens with one attached hydrogen (secondary N) is 1. The predicted octanol–water partition coefficient (Wildman–Crippen LogP) is 2.65. The molecule has 0 spiro atoms. The maximum absolute atomic E-state index is 12.2. The molecule has 0 aromatic heterocycles. The average Bonchev–Trinajstić information content (AvgIpc) is 2.33. The van der Waals surface area contributed by atoms with Gasteiger partial charge in [0.15, 0.2) is 0 Å². The molecule has 112 valence electrons. The molecule has 0 heterocycles. The zero-order chi connectivity index (χ0) is 14.3. The monoisotopic (exact) mass is 312 g/mol. The number of thiocarbonyl (C=S) groups is 1. The molecule has 0 saturated heterocycles. The largest absolute Gasteiger partial charge is 0.364 e. The first-order valence-corrected chi connectivity index (χ1v) is 9.00. The summed E-state index contributed by atoms with van der Waals surface area (Å²) in [4.78, 5) is 14.1. The Morgan fingerprint density at radius 1 is 1.20 bits per heavy atom. The Morgan fingerprint density at radius 3 is 2.15 bits per heavy atom. The number of nitrogens with zero attached hydrogens (tertiary/aromatic N) is 1. The van der Waals surface area contributed by atoms with Crippen LogP contribution in [-0.4, -0.2) is 40.5 Å². The molecule has 4 aliphatic rings. The van der Waals surface area contributed by atoms with Gasteiger partial charge in [-0.3, -0.25) is 4.79 Å². The van der Waals surface area contributed by atoms with E-state index in [2.05, 4.69) is 5.32 Å². The Bertz CT molecular complexity index is 387. The molecule has 0 unspecified atom stereocenters. The van der Waals surface area contributed by atoms with Gasteiger partial charge < -0.3 is 10.2 Å². The van der Waals surface area contributed by atoms with Crippen molar-refractivity contribution in [1.82, 2.24) is 10.2 Å². The van der Waals surface area contributed by atoms with Gasteiger partial charge >= 0.3 is 0 Å². The van der Waals surface area contributed by atoms with Crippen LogP contribution in [0.1, 0.15) is 38.5 Å². The van der Waals surface area contributed by atoms with Crippen molar-refractivity contribution in [1.29, 1.82) is 0 Å². The summed E-state index contributed by atoms with van der Waals surface area (Å²) >= 11 is 6.69. The summed E-state index contributed by atoms with van der Waals surface area (Å²) < 4.78 is 0.783. The highest BCUT2D eigenvalue weighted by molar-refractivity contribution is 8.23. The van der Waals surface area contributed by atoms with E-state index in [4.69, 9.17) is 12.2 Å². The Balaban J connectivity index is 1.55. The van der Waals surface area contributed by atoms with E-state index in [1.54, 1.807) is 0 Å². The fraction of sp³-hybridized carbons (Fsp3) is 0.867. The molecule has 5 heteroatoms. The molecule has 1 amide bonds. The minimum Gasteiger partial charge on any atom is -0.364 e. The summed E-state index contributed by atoms with van der Waals surface area (Å²) in [5, 5.41) is 3.38. The van der Waals surface area contributed by atoms with Crippen LogP contribution in [0.3, 0.4) is 0 Å². The zero-order valence-corrected chi connectivity index (χ0v) is 14.0. The maximum Gasteiger partial charge on any atom is 0.230 e. The molecule has 3 nitrogen and oxygen atoms in total. The van der Waals surface area contributed by atoms with Gasteiger partial charge in [0.05, 0.1) is 5.75 Å². The zero-order valence-electron chi connectivity index (χ0n) is 12.4. The second kappa shape index (κ2) is 5.48. The second-order valence-electron chi connectivity index (χ2n) is 7.20. The minimum absolute atomic E-state index is 0.131. The van der Waals surface area contributed by atoms with Gasteiger partial charge in [-0.2, -0.15) is 0 Å². The standard InChI is InChI=1S/C15H24N2OS2/c1-17(2)14(19)20-9-13(18)16-15-6-10-3-11(7-15)5-12(4-10)8-15/h10-12H,3-9H2,1-2H3,(H,16,18). The van der Waals surface area contributed by atoms with Gasteiger partial charge in [0.1, 0.15) is 4.32 Å². The van der Waals surface area contributed by atoms with Crippen molar-refractivity contribution in [2.45, 2.75) is 44.1 Å². The normalized spacial score (nSPS) is 37.8. The van der Waals surface area contributed by atoms with Crippen molar-refractivity contribution in [3.63, 3.8) is 0 Å². The molecule has 0 aromatic carbocycles. The molecule has 0 atom stereocenters. The van der Waals surface area contributed by atoms with E-state index in [1.165, 1.54) is 50.3 Å². The summed E-state index contributed by atoms with van der Waals surface area (Å²) in [6.45, 7) is 0. The summed E-state index contributed by atoms with van der Waals surface area (Å²) in [6.07, 6.45) is 7.88. The van der Waals surface area contributed by atoms with Crippen molar-refractivity contribution in [3.05, 3.63) is 0 Å². The molecular weight excluding hydrogens is 288 g/mol. The molecule has 4 fully saturated rings. The van der Waals surface area contributed by atoms with Gasteiger partial charge in [-0.25, -0.2) is 0 Å². The molecule has 1 N–H and O–H groups in total. The lowest BCUT2D eigenvalue weighted by Gasteiger charge is -2.56. The molecule has 4 bridgehead atoms. The number of amides is 1. The molecule has 20 heavy (non-hydrogen) atoms. The van der Waals surface area contributed by atoms with Crippen LogP contribution in [-0.2, 0) is 4.79 Å². The van der Waals surface area contributed by atoms with Crippen LogP contribution in [0.25, 0.3) is 0 Å². The Morgan fingerprint density at radius 2 is 1.70 bits per heavy atom. The molecule has 4 saturated carbocycles. The van der Waals surface area contributed by atoms with E-state index in [-0.39, 0.29) is 11.4 Å². The van der Waals surface area contributed by atoms with Crippen molar-refractivity contribution in [2.75, 3.05) is 19.8 Å². The highest BCUT2D eigenvalue weighted by atomic mass is 32.2. The molecule has 0 aliphatic heterocycles. The van der Waals surface area contributed by atoms with E-state index in [0.717, 1.165) is 22.1 Å². The predicted molar refractivity (Wildman–Crippen MR) is 87.8 cm³/mol. The Hall–Kier alpha value is -0.290. The number of carbonyl (C=O) groups excluding carboxylic acids is 1. The number of carbonyl (C=O) groups is 1. The van der Waals surface area contributed by atoms with Crippen LogP contribution < -0.4 is 5.32 Å². The van der Waals surface area contributed by atoms with E-state index in [9.17, 15) is 4.79 Å². The summed E-state index contributed by atoms with van der Waals surface area (Å²) in [5.41, 5.74) is 0.131. The van der Waals surface area contributed by atoms with E-state index >= 15 is 0 Å².